The van der Waals surface area contributed by atoms with Crippen molar-refractivity contribution >= 4 is 11.9 Å². The van der Waals surface area contributed by atoms with Gasteiger partial charge in [-0.15, -0.1) is 0 Å². The lowest BCUT2D eigenvalue weighted by Gasteiger charge is -2.07. The highest BCUT2D eigenvalue weighted by Crippen LogP contribution is 1.73. The van der Waals surface area contributed by atoms with Crippen LogP contribution in [-0.2, 0) is 9.59 Å². The number of hydrogen-bond donors (Lipinski definition) is 2. The number of hydrogen-bond acceptors (Lipinski definition) is 3. The molecular weight excluding hydrogens is 186 g/mol. The lowest BCUT2D eigenvalue weighted by atomic mass is 10.5. The molecule has 82 valence electrons. The maximum absolute atomic E-state index is 9.55. The van der Waals surface area contributed by atoms with Gasteiger partial charge in [0.15, 0.2) is 0 Å². The first-order chi connectivity index (χ1) is 6.43. The van der Waals surface area contributed by atoms with E-state index in [0.29, 0.717) is 12.2 Å². The summed E-state index contributed by atoms with van der Waals surface area (Å²) in [5, 5.41) is 15.6. The van der Waals surface area contributed by atoms with E-state index in [1.807, 2.05) is 0 Å². The summed E-state index contributed by atoms with van der Waals surface area (Å²) in [7, 11) is 2.11. The fourth-order valence-electron chi connectivity index (χ4n) is 0.366. The van der Waals surface area contributed by atoms with Crippen LogP contribution in [0.2, 0.25) is 0 Å². The molecule has 0 spiro atoms. The molecule has 0 aromatic heterocycles. The van der Waals surface area contributed by atoms with Crippen LogP contribution in [0.25, 0.3) is 0 Å². The summed E-state index contributed by atoms with van der Waals surface area (Å²) in [6.07, 6.45) is 1.12. The molecule has 0 aliphatic heterocycles. The minimum Gasteiger partial charge on any atom is -0.478 e. The van der Waals surface area contributed by atoms with E-state index >= 15 is 0 Å². The molecule has 0 bridgehead atoms. The highest BCUT2D eigenvalue weighted by Gasteiger charge is 1.88. The summed E-state index contributed by atoms with van der Waals surface area (Å²) in [5.41, 5.74) is 0. The normalized spacial score (nSPS) is 9.71. The molecule has 0 heterocycles. The van der Waals surface area contributed by atoms with E-state index in [1.54, 1.807) is 0 Å². The summed E-state index contributed by atoms with van der Waals surface area (Å²) in [4.78, 5) is 21.4. The monoisotopic (exact) mass is 203 g/mol. The molecule has 0 unspecified atom stereocenters. The third kappa shape index (κ3) is 16.9. The fraction of sp³-hybridized carbons (Fsp3) is 0.556. The molecule has 5 heteroatoms. The molecule has 0 aromatic carbocycles. The fourth-order valence-corrected chi connectivity index (χ4v) is 0.366. The van der Waals surface area contributed by atoms with Gasteiger partial charge in [-0.3, -0.25) is 0 Å². The van der Waals surface area contributed by atoms with Crippen molar-refractivity contribution in [2.75, 3.05) is 20.1 Å². The highest BCUT2D eigenvalue weighted by molar-refractivity contribution is 5.89. The molecule has 0 aliphatic carbocycles. The standard InChI is InChI=1S/C5H13N.C4H4O4/c1-4-6(3)5-2;5-3(6)1-2-4(7)8/h4-5H2,1-3H3;1-2H,(H,5,6)(H,7,8). The molecule has 0 saturated heterocycles. The second-order valence-electron chi connectivity index (χ2n) is 2.50. The Morgan fingerprint density at radius 3 is 1.43 bits per heavy atom. The van der Waals surface area contributed by atoms with Gasteiger partial charge in [0.05, 0.1) is 0 Å². The van der Waals surface area contributed by atoms with Crippen molar-refractivity contribution in [3.8, 4) is 0 Å². The highest BCUT2D eigenvalue weighted by atomic mass is 16.4. The van der Waals surface area contributed by atoms with Crippen molar-refractivity contribution < 1.29 is 19.8 Å². The Bertz CT molecular complexity index is 181. The van der Waals surface area contributed by atoms with Crippen LogP contribution in [0, 0.1) is 0 Å². The van der Waals surface area contributed by atoms with E-state index in [9.17, 15) is 9.59 Å². The maximum atomic E-state index is 9.55. The van der Waals surface area contributed by atoms with Crippen molar-refractivity contribution in [2.45, 2.75) is 13.8 Å². The predicted molar refractivity (Wildman–Crippen MR) is 53.3 cm³/mol. The number of carboxylic acid groups (broad SMARTS) is 2. The van der Waals surface area contributed by atoms with Gasteiger partial charge in [0.1, 0.15) is 0 Å². The second kappa shape index (κ2) is 9.73. The largest absolute Gasteiger partial charge is 0.478 e. The smallest absolute Gasteiger partial charge is 0.328 e. The van der Waals surface area contributed by atoms with Crippen molar-refractivity contribution in [3.05, 3.63) is 12.2 Å². The number of nitrogens with zero attached hydrogens (tertiary/aromatic N) is 1. The van der Waals surface area contributed by atoms with Crippen LogP contribution < -0.4 is 0 Å². The average Bonchev–Trinajstić information content (AvgIpc) is 2.14. The summed E-state index contributed by atoms with van der Waals surface area (Å²) >= 11 is 0. The second-order valence-corrected chi connectivity index (χ2v) is 2.50. The molecule has 0 rings (SSSR count). The molecule has 0 atom stereocenters. The van der Waals surface area contributed by atoms with E-state index in [-0.39, 0.29) is 0 Å². The predicted octanol–water partition coefficient (Wildman–Crippen LogP) is 0.670. The van der Waals surface area contributed by atoms with Gasteiger partial charge in [0.2, 0.25) is 0 Å². The molecule has 0 radical (unpaired) electrons. The van der Waals surface area contributed by atoms with Crippen LogP contribution >= 0.6 is 0 Å². The summed E-state index contributed by atoms with van der Waals surface area (Å²) in [5.74, 6) is -2.51. The summed E-state index contributed by atoms with van der Waals surface area (Å²) < 4.78 is 0. The third-order valence-electron chi connectivity index (χ3n) is 1.45. The van der Waals surface area contributed by atoms with Crippen molar-refractivity contribution in [2.24, 2.45) is 0 Å². The number of aliphatic carboxylic acids is 2. The Hall–Kier alpha value is -1.36. The maximum Gasteiger partial charge on any atom is 0.328 e. The zero-order valence-corrected chi connectivity index (χ0v) is 8.73. The molecule has 2 N–H and O–H groups in total. The molecule has 14 heavy (non-hydrogen) atoms. The molecule has 0 saturated carbocycles. The van der Waals surface area contributed by atoms with Gasteiger partial charge < -0.3 is 15.1 Å². The number of rotatable bonds is 4. The van der Waals surface area contributed by atoms with Gasteiger partial charge in [0, 0.05) is 12.2 Å². The lowest BCUT2D eigenvalue weighted by Crippen LogP contribution is -2.15. The molecule has 0 amide bonds. The van der Waals surface area contributed by atoms with Crippen LogP contribution in [-0.4, -0.2) is 47.2 Å². The summed E-state index contributed by atoms with van der Waals surface area (Å²) in [6, 6.07) is 0. The molecule has 0 aliphatic rings. The van der Waals surface area contributed by atoms with Gasteiger partial charge in [0.25, 0.3) is 0 Å². The Morgan fingerprint density at radius 2 is 1.36 bits per heavy atom. The first kappa shape index (κ1) is 15.1. The minimum absolute atomic E-state index is 0.558. The van der Waals surface area contributed by atoms with Gasteiger partial charge in [-0.05, 0) is 20.1 Å². The summed E-state index contributed by atoms with van der Waals surface area (Å²) in [6.45, 7) is 6.64. The quantitative estimate of drug-likeness (QED) is 0.656. The van der Waals surface area contributed by atoms with Gasteiger partial charge in [-0.2, -0.15) is 0 Å². The van der Waals surface area contributed by atoms with E-state index in [2.05, 4.69) is 25.8 Å². The molecule has 0 fully saturated rings. The van der Waals surface area contributed by atoms with Crippen molar-refractivity contribution in [1.29, 1.82) is 0 Å². The Kier molecular flexibility index (Phi) is 10.5. The van der Waals surface area contributed by atoms with Crippen molar-refractivity contribution in [1.82, 2.24) is 4.90 Å². The van der Waals surface area contributed by atoms with Crippen LogP contribution in [0.1, 0.15) is 13.8 Å². The first-order valence-electron chi connectivity index (χ1n) is 4.26. The minimum atomic E-state index is -1.26. The van der Waals surface area contributed by atoms with E-state index in [0.717, 1.165) is 13.1 Å². The Labute approximate surface area is 83.6 Å². The van der Waals surface area contributed by atoms with E-state index < -0.39 is 11.9 Å². The third-order valence-corrected chi connectivity index (χ3v) is 1.45. The van der Waals surface area contributed by atoms with Gasteiger partial charge >= 0.3 is 11.9 Å². The Balaban J connectivity index is 0. The van der Waals surface area contributed by atoms with E-state index in [1.165, 1.54) is 0 Å². The lowest BCUT2D eigenvalue weighted by molar-refractivity contribution is -0.134. The Morgan fingerprint density at radius 1 is 1.07 bits per heavy atom. The van der Waals surface area contributed by atoms with Crippen LogP contribution in [0.4, 0.5) is 0 Å². The molecule has 0 aromatic rings. The topological polar surface area (TPSA) is 77.8 Å². The van der Waals surface area contributed by atoms with Gasteiger partial charge in [-0.25, -0.2) is 9.59 Å². The molecular formula is C9H17NO4. The molecule has 5 nitrogen and oxygen atoms in total. The first-order valence-corrected chi connectivity index (χ1v) is 4.26. The van der Waals surface area contributed by atoms with Crippen LogP contribution in [0.3, 0.4) is 0 Å². The number of carbonyl (C=O) groups is 2. The average molecular weight is 203 g/mol. The zero-order chi connectivity index (χ0) is 11.6. The van der Waals surface area contributed by atoms with Crippen LogP contribution in [0.5, 0.6) is 0 Å². The van der Waals surface area contributed by atoms with E-state index in [4.69, 9.17) is 10.2 Å². The number of carboxylic acids is 2. The van der Waals surface area contributed by atoms with Gasteiger partial charge in [-0.1, -0.05) is 13.8 Å². The zero-order valence-electron chi connectivity index (χ0n) is 8.73. The SMILES string of the molecule is CCN(C)CC.O=C(O)C=CC(=O)O. The van der Waals surface area contributed by atoms with Crippen molar-refractivity contribution in [3.63, 3.8) is 0 Å². The van der Waals surface area contributed by atoms with Crippen LogP contribution in [0.15, 0.2) is 12.2 Å².